The molecular formula is C62H68N8O10. The van der Waals surface area contributed by atoms with Crippen LogP contribution in [0.3, 0.4) is 0 Å². The SMILES string of the molecule is COc1cc2c(cc1OCCCCCOc1cc3c(cc1C)C(=O)N1C=C(c4ccc(C)cc4)C[C@H]1C=N3)N=C[C@@H]1CC(c3ccc(NC(=O)[C@H](C)NC(=O)[C@@H](NC(=O)CCCCCN4C(=O)C=CC4=O)C(C)C)cc3)=CN1C2=O. The number of nitrogens with one attached hydrogen (secondary N) is 3. The molecule has 80 heavy (non-hydrogen) atoms. The summed E-state index contributed by atoms with van der Waals surface area (Å²) < 4.78 is 18.1. The van der Waals surface area contributed by atoms with Crippen LogP contribution >= 0.6 is 0 Å². The summed E-state index contributed by atoms with van der Waals surface area (Å²) in [6.45, 7) is 10.4. The molecule has 4 aromatic carbocycles. The minimum atomic E-state index is -0.916. The lowest BCUT2D eigenvalue weighted by molar-refractivity contribution is -0.137. The van der Waals surface area contributed by atoms with Crippen molar-refractivity contribution in [3.05, 3.63) is 131 Å². The molecule has 416 valence electrons. The van der Waals surface area contributed by atoms with E-state index in [-0.39, 0.29) is 60.5 Å². The van der Waals surface area contributed by atoms with E-state index < -0.39 is 23.9 Å². The molecule has 0 saturated heterocycles. The first-order chi connectivity index (χ1) is 38.5. The van der Waals surface area contributed by atoms with Crippen molar-refractivity contribution in [1.82, 2.24) is 25.3 Å². The molecule has 0 fully saturated rings. The Balaban J connectivity index is 0.708. The lowest BCUT2D eigenvalue weighted by Crippen LogP contribution is -2.53. The fourth-order valence-corrected chi connectivity index (χ4v) is 10.2. The van der Waals surface area contributed by atoms with Crippen LogP contribution in [0.15, 0.2) is 107 Å². The number of ether oxygens (including phenoxy) is 3. The summed E-state index contributed by atoms with van der Waals surface area (Å²) >= 11 is 0. The number of imide groups is 1. The minimum Gasteiger partial charge on any atom is -0.493 e. The van der Waals surface area contributed by atoms with Crippen LogP contribution in [0, 0.1) is 19.8 Å². The lowest BCUT2D eigenvalue weighted by Gasteiger charge is -2.24. The minimum absolute atomic E-state index is 0.0702. The summed E-state index contributed by atoms with van der Waals surface area (Å²) in [6.07, 6.45) is 15.4. The zero-order chi connectivity index (χ0) is 56.6. The van der Waals surface area contributed by atoms with Gasteiger partial charge in [0.05, 0.1) is 54.9 Å². The normalized spacial score (nSPS) is 17.7. The number of unbranched alkanes of at least 4 members (excludes halogenated alkanes) is 4. The number of hydrogen-bond donors (Lipinski definition) is 3. The smallest absolute Gasteiger partial charge is 0.260 e. The van der Waals surface area contributed by atoms with Crippen molar-refractivity contribution in [2.75, 3.05) is 32.2 Å². The van der Waals surface area contributed by atoms with Crippen LogP contribution in [0.1, 0.15) is 122 Å². The molecule has 4 atom stereocenters. The highest BCUT2D eigenvalue weighted by Crippen LogP contribution is 2.41. The van der Waals surface area contributed by atoms with Crippen molar-refractivity contribution in [2.45, 2.75) is 117 Å². The lowest BCUT2D eigenvalue weighted by atomic mass is 10.0. The first-order valence-corrected chi connectivity index (χ1v) is 27.4. The molecule has 5 aliphatic rings. The highest BCUT2D eigenvalue weighted by molar-refractivity contribution is 6.13. The maximum Gasteiger partial charge on any atom is 0.260 e. The van der Waals surface area contributed by atoms with E-state index in [1.54, 1.807) is 61.1 Å². The second-order valence-corrected chi connectivity index (χ2v) is 21.2. The molecule has 3 N–H and O–H groups in total. The molecule has 0 radical (unpaired) electrons. The van der Waals surface area contributed by atoms with Crippen molar-refractivity contribution in [3.8, 4) is 17.2 Å². The van der Waals surface area contributed by atoms with Crippen LogP contribution in [0.5, 0.6) is 17.2 Å². The maximum atomic E-state index is 14.1. The average molecular weight is 1090 g/mol. The van der Waals surface area contributed by atoms with E-state index >= 15 is 0 Å². The Kier molecular flexibility index (Phi) is 17.5. The predicted octanol–water partition coefficient (Wildman–Crippen LogP) is 8.95. The topological polar surface area (TPSA) is 218 Å². The van der Waals surface area contributed by atoms with Gasteiger partial charge >= 0.3 is 0 Å². The molecule has 5 heterocycles. The third-order valence-corrected chi connectivity index (χ3v) is 14.9. The first-order valence-electron chi connectivity index (χ1n) is 27.4. The Bertz CT molecular complexity index is 3210. The number of anilines is 1. The second kappa shape index (κ2) is 25.0. The van der Waals surface area contributed by atoms with Crippen molar-refractivity contribution < 1.29 is 47.8 Å². The first kappa shape index (κ1) is 56.1. The second-order valence-electron chi connectivity index (χ2n) is 21.2. The van der Waals surface area contributed by atoms with Gasteiger partial charge in [0.1, 0.15) is 17.8 Å². The molecule has 18 heteroatoms. The van der Waals surface area contributed by atoms with Gasteiger partial charge in [0.2, 0.25) is 17.7 Å². The Labute approximate surface area is 466 Å². The number of carbonyl (C=O) groups is 7. The summed E-state index contributed by atoms with van der Waals surface area (Å²) in [5.41, 5.74) is 8.60. The van der Waals surface area contributed by atoms with Crippen molar-refractivity contribution in [3.63, 3.8) is 0 Å². The number of aliphatic imine (C=N–C) groups is 2. The molecule has 0 aromatic heterocycles. The van der Waals surface area contributed by atoms with Gasteiger partial charge in [0.25, 0.3) is 23.6 Å². The van der Waals surface area contributed by atoms with E-state index in [0.717, 1.165) is 47.1 Å². The summed E-state index contributed by atoms with van der Waals surface area (Å²) in [7, 11) is 1.54. The van der Waals surface area contributed by atoms with Crippen molar-refractivity contribution >= 4 is 82.0 Å². The average Bonchev–Trinajstić information content (AvgIpc) is 4.25. The Morgan fingerprint density at radius 3 is 1.77 bits per heavy atom. The van der Waals surface area contributed by atoms with Crippen LogP contribution in [0.2, 0.25) is 0 Å². The van der Waals surface area contributed by atoms with Gasteiger partial charge in [-0.05, 0) is 111 Å². The van der Waals surface area contributed by atoms with Crippen molar-refractivity contribution in [2.24, 2.45) is 15.9 Å². The van der Waals surface area contributed by atoms with Gasteiger partial charge < -0.3 is 40.0 Å². The van der Waals surface area contributed by atoms with E-state index in [9.17, 15) is 33.6 Å². The molecule has 18 nitrogen and oxygen atoms in total. The molecule has 5 aliphatic heterocycles. The number of carbonyl (C=O) groups excluding carboxylic acids is 7. The number of rotatable bonds is 23. The predicted molar refractivity (Wildman–Crippen MR) is 305 cm³/mol. The number of benzene rings is 4. The standard InChI is InChI=1S/C62H68N8O10/c1-37(2)58(67-55(71)13-9-7-10-24-68-56(72)22-23-57(68)73)60(75)65-40(5)59(74)66-45-20-18-42(19-21-45)44-29-47-34-64-51-32-54(53(78-6)30-49(51)62(77)70(47)36-44)80-26-12-8-11-25-79-52-31-50-48(27-39(52)4)61(76)69-35-43(28-46(69)33-63-50)41-16-14-38(3)15-17-41/h14-23,27,30-37,40,46-47,58H,7-13,24-26,28-29H2,1-6H3,(H,65,75)(H,66,74)(H,67,71)/t40-,46-,47-,58-/m0/s1. The summed E-state index contributed by atoms with van der Waals surface area (Å²) in [5, 5.41) is 8.35. The van der Waals surface area contributed by atoms with Crippen LogP contribution in [0.25, 0.3) is 11.1 Å². The molecule has 4 aromatic rings. The quantitative estimate of drug-likeness (QED) is 0.0473. The number of fused-ring (bicyclic) bond motifs is 4. The van der Waals surface area contributed by atoms with E-state index in [2.05, 4.69) is 47.1 Å². The van der Waals surface area contributed by atoms with Crippen molar-refractivity contribution in [1.29, 1.82) is 0 Å². The third kappa shape index (κ3) is 12.9. The summed E-state index contributed by atoms with van der Waals surface area (Å²) in [4.78, 5) is 105. The molecule has 7 amide bonds. The van der Waals surface area contributed by atoms with Gasteiger partial charge in [0.15, 0.2) is 11.5 Å². The van der Waals surface area contributed by atoms with E-state index in [4.69, 9.17) is 24.2 Å². The summed E-state index contributed by atoms with van der Waals surface area (Å²) in [5.74, 6) is -0.845. The number of methoxy groups -OCH3 is 1. The number of aryl methyl sites for hydroxylation is 2. The molecule has 0 spiro atoms. The van der Waals surface area contributed by atoms with Crippen LogP contribution in [-0.2, 0) is 24.0 Å². The molecular weight excluding hydrogens is 1020 g/mol. The highest BCUT2D eigenvalue weighted by Gasteiger charge is 2.35. The van der Waals surface area contributed by atoms with E-state index in [0.29, 0.717) is 90.8 Å². The van der Waals surface area contributed by atoms with Gasteiger partial charge in [-0.15, -0.1) is 0 Å². The number of hydrogen-bond acceptors (Lipinski definition) is 12. The molecule has 0 bridgehead atoms. The largest absolute Gasteiger partial charge is 0.493 e. The van der Waals surface area contributed by atoms with Gasteiger partial charge in [-0.2, -0.15) is 0 Å². The van der Waals surface area contributed by atoms with Gasteiger partial charge in [-0.3, -0.25) is 48.4 Å². The maximum absolute atomic E-state index is 14.1. The zero-order valence-corrected chi connectivity index (χ0v) is 46.1. The van der Waals surface area contributed by atoms with Crippen LogP contribution in [0.4, 0.5) is 17.1 Å². The highest BCUT2D eigenvalue weighted by atomic mass is 16.5. The molecule has 0 aliphatic carbocycles. The molecule has 0 unspecified atom stereocenters. The summed E-state index contributed by atoms with van der Waals surface area (Å²) in [6, 6.07) is 20.5. The monoisotopic (exact) mass is 1080 g/mol. The number of nitrogens with zero attached hydrogens (tertiary/aromatic N) is 5. The van der Waals surface area contributed by atoms with Gasteiger partial charge in [-0.25, -0.2) is 0 Å². The van der Waals surface area contributed by atoms with Crippen LogP contribution < -0.4 is 30.2 Å². The third-order valence-electron chi connectivity index (χ3n) is 14.9. The Hall–Kier alpha value is -8.67. The molecule has 0 saturated carbocycles. The van der Waals surface area contributed by atoms with Gasteiger partial charge in [-0.1, -0.05) is 62.2 Å². The fraction of sp³-hybridized carbons (Fsp3) is 0.371. The number of amides is 7. The Morgan fingerprint density at radius 1 is 0.637 bits per heavy atom. The van der Waals surface area contributed by atoms with E-state index in [1.807, 2.05) is 49.8 Å². The zero-order valence-electron chi connectivity index (χ0n) is 46.1. The van der Waals surface area contributed by atoms with Gasteiger partial charge in [0, 0.05) is 80.6 Å². The van der Waals surface area contributed by atoms with Crippen LogP contribution in [-0.4, -0.2) is 120 Å². The fourth-order valence-electron chi connectivity index (χ4n) is 10.2. The van der Waals surface area contributed by atoms with E-state index in [1.165, 1.54) is 29.7 Å². The molecule has 9 rings (SSSR count). The Morgan fingerprint density at radius 2 is 1.19 bits per heavy atom.